The van der Waals surface area contributed by atoms with E-state index in [2.05, 4.69) is 21.3 Å². The van der Waals surface area contributed by atoms with Crippen LogP contribution in [0.15, 0.2) is 18.2 Å². The minimum absolute atomic E-state index is 0.0210. The maximum Gasteiger partial charge on any atom is 0.308 e. The van der Waals surface area contributed by atoms with Crippen molar-refractivity contribution in [3.8, 4) is 5.75 Å². The van der Waals surface area contributed by atoms with E-state index in [1.807, 2.05) is 27.7 Å². The molecule has 4 atom stereocenters. The molecular weight excluding hydrogens is 612 g/mol. The number of benzene rings is 1. The van der Waals surface area contributed by atoms with Gasteiger partial charge in [0.1, 0.15) is 18.5 Å². The Kier molecular flexibility index (Phi) is 14.6. The lowest BCUT2D eigenvalue weighted by Gasteiger charge is -2.32. The molecule has 1 aromatic rings. The molecular formula is C29H46N4O11S. The van der Waals surface area contributed by atoms with Gasteiger partial charge in [-0.3, -0.25) is 23.7 Å². The Labute approximate surface area is 263 Å². The number of anilines is 1. The minimum atomic E-state index is -4.29. The minimum Gasteiger partial charge on any atom is -0.463 e. The highest BCUT2D eigenvalue weighted by Gasteiger charge is 2.34. The van der Waals surface area contributed by atoms with Crippen molar-refractivity contribution >= 4 is 39.5 Å². The van der Waals surface area contributed by atoms with E-state index < -0.39 is 58.2 Å². The molecule has 0 saturated carbocycles. The van der Waals surface area contributed by atoms with Crippen LogP contribution in [0, 0.1) is 11.8 Å². The first kappa shape index (κ1) is 37.9. The second-order valence-corrected chi connectivity index (χ2v) is 13.3. The molecule has 0 aromatic heterocycles. The Morgan fingerprint density at radius 3 is 2.33 bits per heavy atom. The zero-order valence-electron chi connectivity index (χ0n) is 26.5. The smallest absolute Gasteiger partial charge is 0.308 e. The molecule has 15 nitrogen and oxygen atoms in total. The Bertz CT molecular complexity index is 1290. The lowest BCUT2D eigenvalue weighted by molar-refractivity contribution is -0.184. The molecule has 6 N–H and O–H groups in total. The predicted molar refractivity (Wildman–Crippen MR) is 164 cm³/mol. The molecule has 254 valence electrons. The first-order chi connectivity index (χ1) is 20.9. The van der Waals surface area contributed by atoms with Crippen molar-refractivity contribution in [3.63, 3.8) is 0 Å². The van der Waals surface area contributed by atoms with E-state index in [1.165, 1.54) is 12.1 Å². The Morgan fingerprint density at radius 1 is 1.04 bits per heavy atom. The molecule has 4 unspecified atom stereocenters. The van der Waals surface area contributed by atoms with Crippen molar-refractivity contribution < 1.29 is 51.5 Å². The van der Waals surface area contributed by atoms with Gasteiger partial charge >= 0.3 is 5.97 Å². The van der Waals surface area contributed by atoms with Crippen LogP contribution in [0.3, 0.4) is 0 Å². The van der Waals surface area contributed by atoms with Crippen LogP contribution in [-0.2, 0) is 45.4 Å². The zero-order chi connectivity index (χ0) is 33.9. The van der Waals surface area contributed by atoms with Gasteiger partial charge in [0, 0.05) is 25.4 Å². The van der Waals surface area contributed by atoms with Gasteiger partial charge in [0.25, 0.3) is 10.1 Å². The van der Waals surface area contributed by atoms with E-state index in [-0.39, 0.29) is 67.8 Å². The number of aliphatic hydroxyl groups excluding tert-OH is 1. The summed E-state index contributed by atoms with van der Waals surface area (Å²) in [7, 11) is -4.29. The third-order valence-electron chi connectivity index (χ3n) is 6.53. The largest absolute Gasteiger partial charge is 0.463 e. The molecule has 16 heteroatoms. The quantitative estimate of drug-likeness (QED) is 0.107. The second kappa shape index (κ2) is 17.4. The van der Waals surface area contributed by atoms with Gasteiger partial charge in [-0.1, -0.05) is 47.6 Å². The summed E-state index contributed by atoms with van der Waals surface area (Å²) in [5.41, 5.74) is 0.701. The van der Waals surface area contributed by atoms with E-state index in [0.29, 0.717) is 5.56 Å². The number of hydrogen-bond acceptors (Lipinski definition) is 11. The van der Waals surface area contributed by atoms with Gasteiger partial charge < -0.3 is 40.6 Å². The van der Waals surface area contributed by atoms with Crippen molar-refractivity contribution in [2.75, 3.05) is 24.2 Å². The fourth-order valence-electron chi connectivity index (χ4n) is 4.24. The molecule has 0 bridgehead atoms. The summed E-state index contributed by atoms with van der Waals surface area (Å²) in [4.78, 5) is 50.1. The number of rotatable bonds is 16. The van der Waals surface area contributed by atoms with Crippen LogP contribution >= 0.6 is 0 Å². The van der Waals surface area contributed by atoms with Crippen LogP contribution < -0.4 is 26.0 Å². The lowest BCUT2D eigenvalue weighted by Crippen LogP contribution is -2.51. The maximum absolute atomic E-state index is 12.9. The number of amides is 3. The summed E-state index contributed by atoms with van der Waals surface area (Å²) in [6, 6.07) is 4.19. The van der Waals surface area contributed by atoms with Gasteiger partial charge in [0.05, 0.1) is 36.0 Å². The van der Waals surface area contributed by atoms with Gasteiger partial charge in [0.2, 0.25) is 24.0 Å². The van der Waals surface area contributed by atoms with Crippen molar-refractivity contribution in [3.05, 3.63) is 23.8 Å². The van der Waals surface area contributed by atoms with E-state index in [0.717, 1.165) is 0 Å². The number of carbonyl (C=O) groups excluding carboxylic acids is 4. The second-order valence-electron chi connectivity index (χ2n) is 11.8. The van der Waals surface area contributed by atoms with Gasteiger partial charge in [0.15, 0.2) is 0 Å². The Hall–Kier alpha value is -3.31. The number of hydrogen-bond donors (Lipinski definition) is 6. The summed E-state index contributed by atoms with van der Waals surface area (Å²) in [5, 5.41) is 21.2. The number of ether oxygens (including phenoxy) is 3. The van der Waals surface area contributed by atoms with E-state index in [9.17, 15) is 32.7 Å². The summed E-state index contributed by atoms with van der Waals surface area (Å²) in [6.45, 7) is 10.2. The highest BCUT2D eigenvalue weighted by atomic mass is 32.2. The maximum atomic E-state index is 12.9. The summed E-state index contributed by atoms with van der Waals surface area (Å²) < 4.78 is 47.8. The number of esters is 1. The Morgan fingerprint density at radius 2 is 1.73 bits per heavy atom. The Balaban J connectivity index is 2.19. The molecule has 1 aromatic carbocycles. The predicted octanol–water partition coefficient (Wildman–Crippen LogP) is 0.712. The van der Waals surface area contributed by atoms with Crippen LogP contribution in [0.5, 0.6) is 5.75 Å². The van der Waals surface area contributed by atoms with Gasteiger partial charge in [-0.05, 0) is 23.6 Å². The molecule has 1 saturated heterocycles. The molecule has 1 heterocycles. The van der Waals surface area contributed by atoms with E-state index in [4.69, 9.17) is 18.8 Å². The standard InChI is InChI=1S/C29H46N4O11S/c1-16(2)26(32-18(5)6)28(37)31-14-24(35)33-21-8-7-19(15-42-29(38)17(3)4)11-22(21)43-25-13-20(34)12-23(44-25)27(36)30-9-10-45(39,40)41/h7-8,11,16-18,20,23,25-26,32,34H,9-10,12-15H2,1-6H3,(H,30,36)(H,31,37)(H,33,35)(H,39,40,41). The van der Waals surface area contributed by atoms with Crippen molar-refractivity contribution in [1.29, 1.82) is 0 Å². The fraction of sp³-hybridized carbons (Fsp3) is 0.655. The summed E-state index contributed by atoms with van der Waals surface area (Å²) in [5.74, 6) is -3.00. The number of aliphatic hydroxyl groups is 1. The third kappa shape index (κ3) is 13.7. The normalized spacial score (nSPS) is 19.2. The zero-order valence-corrected chi connectivity index (χ0v) is 27.3. The van der Waals surface area contributed by atoms with Crippen LogP contribution in [0.25, 0.3) is 0 Å². The van der Waals surface area contributed by atoms with Crippen LogP contribution in [0.2, 0.25) is 0 Å². The average molecular weight is 659 g/mol. The monoisotopic (exact) mass is 658 g/mol. The molecule has 2 rings (SSSR count). The van der Waals surface area contributed by atoms with Gasteiger partial charge in [-0.2, -0.15) is 8.42 Å². The molecule has 0 spiro atoms. The van der Waals surface area contributed by atoms with Gasteiger partial charge in [-0.15, -0.1) is 0 Å². The summed E-state index contributed by atoms with van der Waals surface area (Å²) >= 11 is 0. The van der Waals surface area contributed by atoms with Crippen LogP contribution in [0.1, 0.15) is 59.9 Å². The molecule has 0 radical (unpaired) electrons. The van der Waals surface area contributed by atoms with Crippen molar-refractivity contribution in [2.24, 2.45) is 11.8 Å². The van der Waals surface area contributed by atoms with Crippen LogP contribution in [-0.4, -0.2) is 91.2 Å². The molecule has 1 aliphatic rings. The number of carbonyl (C=O) groups is 4. The molecule has 45 heavy (non-hydrogen) atoms. The van der Waals surface area contributed by atoms with Crippen LogP contribution in [0.4, 0.5) is 5.69 Å². The highest BCUT2D eigenvalue weighted by Crippen LogP contribution is 2.31. The first-order valence-electron chi connectivity index (χ1n) is 14.8. The van der Waals surface area contributed by atoms with Crippen molar-refractivity contribution in [2.45, 2.75) is 91.6 Å². The first-order valence-corrected chi connectivity index (χ1v) is 16.4. The number of nitrogens with one attached hydrogen (secondary N) is 4. The van der Waals surface area contributed by atoms with E-state index >= 15 is 0 Å². The SMILES string of the molecule is CC(C)NC(C(=O)NCC(=O)Nc1ccc(COC(=O)C(C)C)cc1OC1CC(O)CC(C(=O)NCCS(=O)(=O)O)O1)C(C)C. The average Bonchev–Trinajstić information content (AvgIpc) is 2.93. The molecule has 0 aliphatic carbocycles. The van der Waals surface area contributed by atoms with E-state index in [1.54, 1.807) is 19.9 Å². The molecule has 1 fully saturated rings. The molecule has 3 amide bonds. The summed E-state index contributed by atoms with van der Waals surface area (Å²) in [6.07, 6.45) is -3.50. The topological polar surface area (TPSA) is 219 Å². The third-order valence-corrected chi connectivity index (χ3v) is 7.25. The van der Waals surface area contributed by atoms with Crippen molar-refractivity contribution in [1.82, 2.24) is 16.0 Å². The fourth-order valence-corrected chi connectivity index (χ4v) is 4.60. The lowest BCUT2D eigenvalue weighted by atomic mass is 10.0. The molecule has 1 aliphatic heterocycles. The van der Waals surface area contributed by atoms with Gasteiger partial charge in [-0.25, -0.2) is 0 Å². The highest BCUT2D eigenvalue weighted by molar-refractivity contribution is 7.85.